The second-order valence-corrected chi connectivity index (χ2v) is 7.81. The molecule has 0 aliphatic rings. The largest absolute Gasteiger partial charge is 0.205 e. The summed E-state index contributed by atoms with van der Waals surface area (Å²) in [5.74, 6) is -0.325. The summed E-state index contributed by atoms with van der Waals surface area (Å²) < 4.78 is 12.8. The van der Waals surface area contributed by atoms with E-state index >= 15 is 0 Å². The minimum atomic E-state index is -0.441. The van der Waals surface area contributed by atoms with E-state index in [1.807, 2.05) is 6.07 Å². The molecule has 1 aromatic carbocycles. The number of halogens is 2. The Bertz CT molecular complexity index is 299. The minimum Gasteiger partial charge on any atom is -0.205 e. The second-order valence-electron chi connectivity index (χ2n) is 4.03. The van der Waals surface area contributed by atoms with Gasteiger partial charge in [0.05, 0.1) is 5.02 Å². The van der Waals surface area contributed by atoms with Gasteiger partial charge in [-0.2, -0.15) is 0 Å². The van der Waals surface area contributed by atoms with Crippen molar-refractivity contribution in [2.24, 2.45) is 0 Å². The molecule has 0 spiro atoms. The molecule has 0 aromatic heterocycles. The summed E-state index contributed by atoms with van der Waals surface area (Å²) in [7, 11) is -0.441. The number of hydrogen-bond donors (Lipinski definition) is 0. The molecule has 3 heteroatoms. The van der Waals surface area contributed by atoms with Crippen molar-refractivity contribution in [2.75, 3.05) is 0 Å². The van der Waals surface area contributed by atoms with E-state index in [-0.39, 0.29) is 10.8 Å². The maximum Gasteiger partial charge on any atom is 0.141 e. The highest BCUT2D eigenvalue weighted by Gasteiger charge is 2.01. The second kappa shape index (κ2) is 5.52. The molecule has 0 heterocycles. The van der Waals surface area contributed by atoms with Crippen molar-refractivity contribution in [1.29, 1.82) is 0 Å². The van der Waals surface area contributed by atoms with Gasteiger partial charge in [0.1, 0.15) is 5.82 Å². The zero-order valence-electron chi connectivity index (χ0n) is 8.69. The van der Waals surface area contributed by atoms with Gasteiger partial charge >= 0.3 is 0 Å². The van der Waals surface area contributed by atoms with E-state index in [1.54, 1.807) is 6.07 Å². The van der Waals surface area contributed by atoms with Crippen LogP contribution in [-0.4, -0.2) is 8.80 Å². The molecule has 0 saturated heterocycles. The summed E-state index contributed by atoms with van der Waals surface area (Å²) in [6, 6.07) is 6.35. The van der Waals surface area contributed by atoms with E-state index in [9.17, 15) is 4.39 Å². The van der Waals surface area contributed by atoms with E-state index in [2.05, 4.69) is 13.1 Å². The van der Waals surface area contributed by atoms with Crippen molar-refractivity contribution in [3.63, 3.8) is 0 Å². The molecule has 0 unspecified atom stereocenters. The fourth-order valence-corrected chi connectivity index (χ4v) is 2.63. The summed E-state index contributed by atoms with van der Waals surface area (Å²) in [5, 5.41) is 0.240. The van der Waals surface area contributed by atoms with E-state index in [0.29, 0.717) is 0 Å². The number of rotatable bonds is 4. The molecule has 0 atom stereocenters. The maximum atomic E-state index is 12.8. The van der Waals surface area contributed by atoms with Gasteiger partial charge < -0.3 is 0 Å². The van der Waals surface area contributed by atoms with Crippen LogP contribution in [0.5, 0.6) is 0 Å². The van der Waals surface area contributed by atoms with Crippen LogP contribution in [0, 0.1) is 5.82 Å². The minimum absolute atomic E-state index is 0.240. The van der Waals surface area contributed by atoms with Gasteiger partial charge in [-0.15, -0.1) is 0 Å². The Morgan fingerprint density at radius 3 is 2.64 bits per heavy atom. The van der Waals surface area contributed by atoms with Crippen LogP contribution in [0.2, 0.25) is 24.2 Å². The Balaban J connectivity index is 2.47. The van der Waals surface area contributed by atoms with Gasteiger partial charge in [0.25, 0.3) is 0 Å². The van der Waals surface area contributed by atoms with Crippen LogP contribution in [0.4, 0.5) is 4.39 Å². The summed E-state index contributed by atoms with van der Waals surface area (Å²) in [4.78, 5) is 0. The van der Waals surface area contributed by atoms with Gasteiger partial charge in [0.15, 0.2) is 0 Å². The first-order valence-electron chi connectivity index (χ1n) is 5.03. The Labute approximate surface area is 91.7 Å². The Morgan fingerprint density at radius 2 is 2.07 bits per heavy atom. The fourth-order valence-electron chi connectivity index (χ4n) is 1.41. The maximum absolute atomic E-state index is 12.8. The first-order valence-corrected chi connectivity index (χ1v) is 8.54. The molecule has 0 saturated carbocycles. The smallest absolute Gasteiger partial charge is 0.141 e. The zero-order valence-corrected chi connectivity index (χ0v) is 10.6. The number of aryl methyl sites for hydroxylation is 1. The van der Waals surface area contributed by atoms with Gasteiger partial charge in [-0.1, -0.05) is 43.2 Å². The van der Waals surface area contributed by atoms with Crippen LogP contribution in [-0.2, 0) is 6.42 Å². The predicted octanol–water partition coefficient (Wildman–Crippen LogP) is 3.90. The van der Waals surface area contributed by atoms with Crippen molar-refractivity contribution in [2.45, 2.75) is 32.0 Å². The lowest BCUT2D eigenvalue weighted by Crippen LogP contribution is -1.99. The normalized spacial score (nSPS) is 10.9. The zero-order chi connectivity index (χ0) is 10.6. The Morgan fingerprint density at radius 1 is 1.36 bits per heavy atom. The molecular weight excluding hydrogens is 215 g/mol. The van der Waals surface area contributed by atoms with Crippen molar-refractivity contribution in [3.8, 4) is 0 Å². The molecule has 1 aromatic rings. The SMILES string of the molecule is C[SiH](C)CCCc1ccc(F)c(Cl)c1. The van der Waals surface area contributed by atoms with Crippen LogP contribution in [0.1, 0.15) is 12.0 Å². The van der Waals surface area contributed by atoms with Crippen molar-refractivity contribution in [3.05, 3.63) is 34.6 Å². The van der Waals surface area contributed by atoms with E-state index in [1.165, 1.54) is 18.5 Å². The third-order valence-corrected chi connectivity index (χ3v) is 4.08. The lowest BCUT2D eigenvalue weighted by Gasteiger charge is -2.04. The first kappa shape index (κ1) is 11.7. The van der Waals surface area contributed by atoms with Gasteiger partial charge in [0.2, 0.25) is 0 Å². The first-order chi connectivity index (χ1) is 6.59. The van der Waals surface area contributed by atoms with Crippen LogP contribution in [0.25, 0.3) is 0 Å². The third kappa shape index (κ3) is 3.80. The van der Waals surface area contributed by atoms with Gasteiger partial charge in [-0.05, 0) is 24.1 Å². The van der Waals surface area contributed by atoms with Gasteiger partial charge in [-0.3, -0.25) is 0 Å². The van der Waals surface area contributed by atoms with Crippen molar-refractivity contribution < 1.29 is 4.39 Å². The number of hydrogen-bond acceptors (Lipinski definition) is 0. The average molecular weight is 231 g/mol. The molecule has 0 nitrogen and oxygen atoms in total. The Kier molecular flexibility index (Phi) is 4.62. The predicted molar refractivity (Wildman–Crippen MR) is 63.4 cm³/mol. The summed E-state index contributed by atoms with van der Waals surface area (Å²) in [5.41, 5.74) is 1.14. The molecule has 0 aliphatic carbocycles. The summed E-state index contributed by atoms with van der Waals surface area (Å²) >= 11 is 5.69. The van der Waals surface area contributed by atoms with Crippen LogP contribution >= 0.6 is 11.6 Å². The van der Waals surface area contributed by atoms with Crippen molar-refractivity contribution >= 4 is 20.4 Å². The topological polar surface area (TPSA) is 0 Å². The van der Waals surface area contributed by atoms with Crippen molar-refractivity contribution in [1.82, 2.24) is 0 Å². The van der Waals surface area contributed by atoms with E-state index < -0.39 is 8.80 Å². The van der Waals surface area contributed by atoms with E-state index in [0.717, 1.165) is 12.0 Å². The van der Waals surface area contributed by atoms with E-state index in [4.69, 9.17) is 11.6 Å². The summed E-state index contributed by atoms with van der Waals surface area (Å²) in [6.45, 7) is 4.69. The highest BCUT2D eigenvalue weighted by atomic mass is 35.5. The van der Waals surface area contributed by atoms with Crippen LogP contribution < -0.4 is 0 Å². The molecule has 0 amide bonds. The molecule has 0 radical (unpaired) electrons. The lowest BCUT2D eigenvalue weighted by atomic mass is 10.1. The lowest BCUT2D eigenvalue weighted by molar-refractivity contribution is 0.627. The highest BCUT2D eigenvalue weighted by Crippen LogP contribution is 2.17. The average Bonchev–Trinajstić information content (AvgIpc) is 2.10. The third-order valence-electron chi connectivity index (χ3n) is 2.23. The molecule has 14 heavy (non-hydrogen) atoms. The van der Waals surface area contributed by atoms with Crippen LogP contribution in [0.3, 0.4) is 0 Å². The van der Waals surface area contributed by atoms with Gasteiger partial charge in [0, 0.05) is 8.80 Å². The molecule has 78 valence electrons. The van der Waals surface area contributed by atoms with Gasteiger partial charge in [-0.25, -0.2) is 4.39 Å². The standard InChI is InChI=1S/C11H16ClFSi/c1-14(2)7-3-4-9-5-6-11(13)10(12)8-9/h5-6,8,14H,3-4,7H2,1-2H3. The Hall–Kier alpha value is -0.343. The molecular formula is C11H16ClFSi. The number of benzene rings is 1. The van der Waals surface area contributed by atoms with Crippen LogP contribution in [0.15, 0.2) is 18.2 Å². The molecule has 0 fully saturated rings. The molecule has 0 bridgehead atoms. The monoisotopic (exact) mass is 230 g/mol. The molecule has 1 rings (SSSR count). The summed E-state index contributed by atoms with van der Waals surface area (Å²) in [6.07, 6.45) is 2.22. The highest BCUT2D eigenvalue weighted by molar-refractivity contribution is 6.55. The molecule has 0 N–H and O–H groups in total. The molecule has 0 aliphatic heterocycles. The quantitative estimate of drug-likeness (QED) is 0.689. The fraction of sp³-hybridized carbons (Fsp3) is 0.455.